The smallest absolute Gasteiger partial charge is 0.240 e. The summed E-state index contributed by atoms with van der Waals surface area (Å²) < 4.78 is 0. The summed E-state index contributed by atoms with van der Waals surface area (Å²) in [4.78, 5) is 24.5. The predicted octanol–water partition coefficient (Wildman–Crippen LogP) is 6.75. The molecule has 194 valence electrons. The average Bonchev–Trinajstić information content (AvgIpc) is 2.91. The lowest BCUT2D eigenvalue weighted by atomic mass is 10.1. The van der Waals surface area contributed by atoms with Gasteiger partial charge in [0.2, 0.25) is 11.8 Å². The lowest BCUT2D eigenvalue weighted by Crippen LogP contribution is -2.20. The van der Waals surface area contributed by atoms with E-state index in [2.05, 4.69) is 34.9 Å². The number of rotatable bonds is 17. The first-order valence-electron chi connectivity index (χ1n) is 13.5. The van der Waals surface area contributed by atoms with Crippen molar-refractivity contribution in [3.05, 3.63) is 71.8 Å². The average molecular weight is 491 g/mol. The van der Waals surface area contributed by atoms with Crippen molar-refractivity contribution in [1.29, 1.82) is 0 Å². The quantitative estimate of drug-likeness (QED) is 0.146. The molecule has 2 N–H and O–H groups in total. The maximum Gasteiger partial charge on any atom is 0.240 e. The van der Waals surface area contributed by atoms with E-state index in [1.807, 2.05) is 60.7 Å². The summed E-state index contributed by atoms with van der Waals surface area (Å²) in [5.74, 6) is -0.125. The number of nitrogens with one attached hydrogen (secondary N) is 2. The van der Waals surface area contributed by atoms with Crippen molar-refractivity contribution in [1.82, 2.24) is 10.9 Å². The first kappa shape index (κ1) is 29.0. The Balaban J connectivity index is 1.66. The van der Waals surface area contributed by atoms with Crippen LogP contribution in [-0.4, -0.2) is 23.2 Å². The summed E-state index contributed by atoms with van der Waals surface area (Å²) in [7, 11) is 0. The van der Waals surface area contributed by atoms with Crippen LogP contribution >= 0.6 is 0 Å². The minimum atomic E-state index is -0.0625. The largest absolute Gasteiger partial charge is 0.273 e. The van der Waals surface area contributed by atoms with E-state index in [9.17, 15) is 9.59 Å². The van der Waals surface area contributed by atoms with E-state index in [-0.39, 0.29) is 11.8 Å². The van der Waals surface area contributed by atoms with Crippen molar-refractivity contribution >= 4 is 23.2 Å². The number of carbonyl (C=O) groups excluding carboxylic acids is 2. The van der Waals surface area contributed by atoms with Crippen LogP contribution in [0.1, 0.15) is 102 Å². The molecule has 0 heterocycles. The Bertz CT molecular complexity index is 876. The highest BCUT2D eigenvalue weighted by Crippen LogP contribution is 2.10. The van der Waals surface area contributed by atoms with Gasteiger partial charge in [0, 0.05) is 12.8 Å². The molecule has 0 aromatic heterocycles. The Morgan fingerprint density at radius 3 is 1.31 bits per heavy atom. The van der Waals surface area contributed by atoms with Crippen LogP contribution in [0.3, 0.4) is 0 Å². The second-order valence-corrected chi connectivity index (χ2v) is 9.04. The molecule has 0 saturated carbocycles. The Labute approximate surface area is 216 Å². The van der Waals surface area contributed by atoms with Crippen molar-refractivity contribution in [2.45, 2.75) is 90.9 Å². The van der Waals surface area contributed by atoms with Crippen molar-refractivity contribution in [3.63, 3.8) is 0 Å². The molecule has 6 heteroatoms. The SMILES string of the molecule is CCCCC(=NNC(=O)CCCCCCC(=O)NN=C(CCCC)c1ccccc1)c1ccccc1. The lowest BCUT2D eigenvalue weighted by molar-refractivity contribution is -0.122. The van der Waals surface area contributed by atoms with E-state index in [0.717, 1.165) is 86.8 Å². The first-order chi connectivity index (χ1) is 17.6. The molecule has 36 heavy (non-hydrogen) atoms. The summed E-state index contributed by atoms with van der Waals surface area (Å²) >= 11 is 0. The normalized spacial score (nSPS) is 11.8. The topological polar surface area (TPSA) is 82.9 Å². The van der Waals surface area contributed by atoms with Gasteiger partial charge >= 0.3 is 0 Å². The molecule has 0 bridgehead atoms. The zero-order valence-corrected chi connectivity index (χ0v) is 22.0. The molecule has 2 rings (SSSR count). The van der Waals surface area contributed by atoms with E-state index in [1.54, 1.807) is 0 Å². The van der Waals surface area contributed by atoms with Gasteiger partial charge in [-0.1, -0.05) is 100 Å². The summed E-state index contributed by atoms with van der Waals surface area (Å²) in [5.41, 5.74) is 9.39. The number of amides is 2. The summed E-state index contributed by atoms with van der Waals surface area (Å²) in [6.45, 7) is 4.29. The molecule has 0 atom stereocenters. The van der Waals surface area contributed by atoms with Crippen molar-refractivity contribution in [2.75, 3.05) is 0 Å². The van der Waals surface area contributed by atoms with Gasteiger partial charge in [-0.15, -0.1) is 0 Å². The van der Waals surface area contributed by atoms with Gasteiger partial charge in [-0.2, -0.15) is 10.2 Å². The highest BCUT2D eigenvalue weighted by molar-refractivity contribution is 6.01. The maximum atomic E-state index is 12.2. The molecule has 0 saturated heterocycles. The lowest BCUT2D eigenvalue weighted by Gasteiger charge is -2.08. The van der Waals surface area contributed by atoms with Gasteiger partial charge in [0.15, 0.2) is 0 Å². The van der Waals surface area contributed by atoms with Gasteiger partial charge in [-0.3, -0.25) is 9.59 Å². The third kappa shape index (κ3) is 11.9. The van der Waals surface area contributed by atoms with Crippen molar-refractivity contribution in [2.24, 2.45) is 10.2 Å². The molecule has 2 aromatic rings. The van der Waals surface area contributed by atoms with Crippen LogP contribution in [0.15, 0.2) is 70.9 Å². The van der Waals surface area contributed by atoms with E-state index < -0.39 is 0 Å². The van der Waals surface area contributed by atoms with Gasteiger partial charge in [0.1, 0.15) is 0 Å². The minimum absolute atomic E-state index is 0.0625. The van der Waals surface area contributed by atoms with Crippen LogP contribution in [-0.2, 0) is 9.59 Å². The maximum absolute atomic E-state index is 12.2. The Morgan fingerprint density at radius 2 is 0.944 bits per heavy atom. The van der Waals surface area contributed by atoms with Gasteiger partial charge in [-0.25, -0.2) is 10.9 Å². The minimum Gasteiger partial charge on any atom is -0.273 e. The Morgan fingerprint density at radius 1 is 0.556 bits per heavy atom. The van der Waals surface area contributed by atoms with Crippen LogP contribution in [0.5, 0.6) is 0 Å². The van der Waals surface area contributed by atoms with Crippen LogP contribution in [0.2, 0.25) is 0 Å². The molecule has 0 radical (unpaired) electrons. The molecule has 0 aliphatic rings. The highest BCUT2D eigenvalue weighted by atomic mass is 16.2. The molecule has 0 unspecified atom stereocenters. The standard InChI is InChI=1S/C30H42N4O2/c1-3-5-21-27(25-17-11-9-12-18-25)31-33-29(35)23-15-7-8-16-24-30(36)34-32-28(22-6-4-2)26-19-13-10-14-20-26/h9-14,17-20H,3-8,15-16,21-24H2,1-2H3,(H,33,35)(H,34,36). The fraction of sp³-hybridized carbons (Fsp3) is 0.467. The summed E-state index contributed by atoms with van der Waals surface area (Å²) in [5, 5.41) is 8.79. The molecule has 0 aliphatic carbocycles. The molecule has 0 fully saturated rings. The molecule has 6 nitrogen and oxygen atoms in total. The molecule has 2 amide bonds. The number of hydrazone groups is 2. The van der Waals surface area contributed by atoms with Crippen LogP contribution in [0, 0.1) is 0 Å². The van der Waals surface area contributed by atoms with Gasteiger partial charge in [0.25, 0.3) is 0 Å². The van der Waals surface area contributed by atoms with Crippen LogP contribution < -0.4 is 10.9 Å². The number of carbonyl (C=O) groups is 2. The number of hydrogen-bond donors (Lipinski definition) is 2. The Hall–Kier alpha value is -3.28. The van der Waals surface area contributed by atoms with E-state index in [0.29, 0.717) is 12.8 Å². The second kappa shape index (κ2) is 18.1. The number of hydrogen-bond acceptors (Lipinski definition) is 4. The van der Waals surface area contributed by atoms with Crippen LogP contribution in [0.25, 0.3) is 0 Å². The predicted molar refractivity (Wildman–Crippen MR) is 149 cm³/mol. The third-order valence-electron chi connectivity index (χ3n) is 5.94. The van der Waals surface area contributed by atoms with Gasteiger partial charge < -0.3 is 0 Å². The molecule has 0 aliphatic heterocycles. The van der Waals surface area contributed by atoms with Crippen molar-refractivity contribution in [3.8, 4) is 0 Å². The number of nitrogens with zero attached hydrogens (tertiary/aromatic N) is 2. The summed E-state index contributed by atoms with van der Waals surface area (Å²) in [6.07, 6.45) is 10.2. The summed E-state index contributed by atoms with van der Waals surface area (Å²) in [6, 6.07) is 20.0. The second-order valence-electron chi connectivity index (χ2n) is 9.04. The third-order valence-corrected chi connectivity index (χ3v) is 5.94. The number of benzene rings is 2. The zero-order chi connectivity index (χ0) is 25.8. The highest BCUT2D eigenvalue weighted by Gasteiger charge is 2.07. The van der Waals surface area contributed by atoms with Crippen molar-refractivity contribution < 1.29 is 9.59 Å². The Kier molecular flexibility index (Phi) is 14.5. The first-order valence-corrected chi connectivity index (χ1v) is 13.5. The fourth-order valence-electron chi connectivity index (χ4n) is 3.78. The zero-order valence-electron chi connectivity index (χ0n) is 22.0. The molecule has 0 spiro atoms. The fourth-order valence-corrected chi connectivity index (χ4v) is 3.78. The van der Waals surface area contributed by atoms with Gasteiger partial charge in [-0.05, 0) is 49.7 Å². The van der Waals surface area contributed by atoms with E-state index in [4.69, 9.17) is 0 Å². The monoisotopic (exact) mass is 490 g/mol. The number of unbranched alkanes of at least 4 members (excludes halogenated alkanes) is 5. The molecular formula is C30H42N4O2. The van der Waals surface area contributed by atoms with Crippen LogP contribution in [0.4, 0.5) is 0 Å². The molecule has 2 aromatic carbocycles. The van der Waals surface area contributed by atoms with Gasteiger partial charge in [0.05, 0.1) is 11.4 Å². The van der Waals surface area contributed by atoms with E-state index >= 15 is 0 Å². The van der Waals surface area contributed by atoms with E-state index in [1.165, 1.54) is 0 Å². The molecular weight excluding hydrogens is 448 g/mol.